The van der Waals surface area contributed by atoms with Gasteiger partial charge in [0.25, 0.3) is 11.6 Å². The zero-order valence-corrected chi connectivity index (χ0v) is 18.0. The van der Waals surface area contributed by atoms with Crippen LogP contribution in [0, 0.1) is 16.0 Å². The van der Waals surface area contributed by atoms with Crippen molar-refractivity contribution in [1.82, 2.24) is 0 Å². The molecule has 1 amide bonds. The molecule has 162 valence electrons. The average Bonchev–Trinajstić information content (AvgIpc) is 3.04. The van der Waals surface area contributed by atoms with E-state index in [-0.39, 0.29) is 18.2 Å². The highest BCUT2D eigenvalue weighted by Gasteiger charge is 2.32. The summed E-state index contributed by atoms with van der Waals surface area (Å²) < 4.78 is 5.77. The average molecular weight is 428 g/mol. The molecule has 0 radical (unpaired) electrons. The zero-order chi connectivity index (χ0) is 22.7. The summed E-state index contributed by atoms with van der Waals surface area (Å²) in [5.74, 6) is 1.04. The van der Waals surface area contributed by atoms with Crippen LogP contribution in [0.5, 0.6) is 5.75 Å². The fourth-order valence-electron chi connectivity index (χ4n) is 3.75. The molecule has 1 heterocycles. The molecule has 3 aromatic carbocycles. The van der Waals surface area contributed by atoms with Crippen molar-refractivity contribution in [2.45, 2.75) is 20.5 Å². The fraction of sp³-hybridized carbons (Fsp3) is 0.192. The number of para-hydroxylation sites is 1. The van der Waals surface area contributed by atoms with Crippen molar-refractivity contribution in [3.8, 4) is 5.75 Å². The van der Waals surface area contributed by atoms with E-state index in [1.54, 1.807) is 12.1 Å². The smallest absolute Gasteiger partial charge is 0.269 e. The van der Waals surface area contributed by atoms with Crippen LogP contribution in [0.15, 0.2) is 72.8 Å². The van der Waals surface area contributed by atoms with Gasteiger partial charge in [-0.25, -0.2) is 0 Å². The van der Waals surface area contributed by atoms with Crippen LogP contribution in [0.4, 0.5) is 11.4 Å². The minimum atomic E-state index is -0.420. The highest BCUT2D eigenvalue weighted by Crippen LogP contribution is 2.38. The van der Waals surface area contributed by atoms with E-state index in [0.717, 1.165) is 22.4 Å². The largest absolute Gasteiger partial charge is 0.489 e. The molecule has 6 heteroatoms. The second kappa shape index (κ2) is 9.06. The number of fused-ring (bicyclic) bond motifs is 1. The van der Waals surface area contributed by atoms with Crippen molar-refractivity contribution >= 4 is 28.9 Å². The number of nitro benzene ring substituents is 1. The third-order valence-corrected chi connectivity index (χ3v) is 5.23. The minimum Gasteiger partial charge on any atom is -0.489 e. The Hall–Kier alpha value is -3.93. The van der Waals surface area contributed by atoms with Gasteiger partial charge in [-0.3, -0.25) is 14.9 Å². The van der Waals surface area contributed by atoms with Crippen LogP contribution in [0.2, 0.25) is 0 Å². The first-order valence-corrected chi connectivity index (χ1v) is 10.5. The lowest BCUT2D eigenvalue weighted by atomic mass is 10.0. The highest BCUT2D eigenvalue weighted by atomic mass is 16.6. The maximum atomic E-state index is 13.1. The Bertz CT molecular complexity index is 1180. The predicted molar refractivity (Wildman–Crippen MR) is 125 cm³/mol. The SMILES string of the molecule is CC(C)CN1C(=O)/C(=C\c2ccc(OCc3cccc([N+](=O)[O-])c3)cc2)c2ccccc21. The van der Waals surface area contributed by atoms with Gasteiger partial charge in [-0.05, 0) is 41.3 Å². The molecule has 1 aliphatic heterocycles. The summed E-state index contributed by atoms with van der Waals surface area (Å²) >= 11 is 0. The van der Waals surface area contributed by atoms with Gasteiger partial charge in [-0.2, -0.15) is 0 Å². The molecular formula is C26H24N2O4. The maximum absolute atomic E-state index is 13.1. The Kier molecular flexibility index (Phi) is 6.03. The van der Waals surface area contributed by atoms with Crippen LogP contribution < -0.4 is 9.64 Å². The Labute approximate surface area is 186 Å². The van der Waals surface area contributed by atoms with E-state index in [1.807, 2.05) is 59.5 Å². The summed E-state index contributed by atoms with van der Waals surface area (Å²) in [6.45, 7) is 5.11. The number of rotatable bonds is 7. The number of nitro groups is 1. The third kappa shape index (κ3) is 4.54. The van der Waals surface area contributed by atoms with Gasteiger partial charge in [0.2, 0.25) is 0 Å². The van der Waals surface area contributed by atoms with Gasteiger partial charge in [0, 0.05) is 29.8 Å². The van der Waals surface area contributed by atoms with Crippen molar-refractivity contribution in [1.29, 1.82) is 0 Å². The van der Waals surface area contributed by atoms with Gasteiger partial charge in [-0.15, -0.1) is 0 Å². The van der Waals surface area contributed by atoms with E-state index in [4.69, 9.17) is 4.74 Å². The van der Waals surface area contributed by atoms with E-state index >= 15 is 0 Å². The van der Waals surface area contributed by atoms with Gasteiger partial charge >= 0.3 is 0 Å². The molecule has 4 rings (SSSR count). The normalized spacial score (nSPS) is 14.2. The lowest BCUT2D eigenvalue weighted by molar-refractivity contribution is -0.384. The Morgan fingerprint density at radius 1 is 1.03 bits per heavy atom. The lowest BCUT2D eigenvalue weighted by Gasteiger charge is -2.19. The summed E-state index contributed by atoms with van der Waals surface area (Å²) in [5, 5.41) is 10.9. The van der Waals surface area contributed by atoms with E-state index < -0.39 is 4.92 Å². The number of anilines is 1. The number of amides is 1. The van der Waals surface area contributed by atoms with Crippen LogP contribution >= 0.6 is 0 Å². The van der Waals surface area contributed by atoms with E-state index in [0.29, 0.717) is 23.8 Å². The second-order valence-corrected chi connectivity index (χ2v) is 8.17. The number of hydrogen-bond acceptors (Lipinski definition) is 4. The van der Waals surface area contributed by atoms with Crippen LogP contribution in [-0.4, -0.2) is 17.4 Å². The molecule has 0 fully saturated rings. The molecule has 0 spiro atoms. The van der Waals surface area contributed by atoms with Crippen molar-refractivity contribution < 1.29 is 14.5 Å². The number of ether oxygens (including phenoxy) is 1. The summed E-state index contributed by atoms with van der Waals surface area (Å²) in [4.78, 5) is 25.4. The molecular weight excluding hydrogens is 404 g/mol. The number of benzene rings is 3. The minimum absolute atomic E-state index is 0.0194. The summed E-state index contributed by atoms with van der Waals surface area (Å²) in [6.07, 6.45) is 1.91. The van der Waals surface area contributed by atoms with E-state index in [2.05, 4.69) is 13.8 Å². The standard InChI is InChI=1S/C26H24N2O4/c1-18(2)16-27-25-9-4-3-8-23(25)24(26(27)29)15-19-10-12-22(13-11-19)32-17-20-6-5-7-21(14-20)28(30)31/h3-15,18H,16-17H2,1-2H3/b24-15-. The van der Waals surface area contributed by atoms with Crippen molar-refractivity contribution in [3.63, 3.8) is 0 Å². The Balaban J connectivity index is 1.50. The number of non-ortho nitro benzene ring substituents is 1. The fourth-order valence-corrected chi connectivity index (χ4v) is 3.75. The van der Waals surface area contributed by atoms with Gasteiger partial charge in [-0.1, -0.05) is 56.3 Å². The van der Waals surface area contributed by atoms with Crippen molar-refractivity contribution in [2.24, 2.45) is 5.92 Å². The van der Waals surface area contributed by atoms with Crippen molar-refractivity contribution in [2.75, 3.05) is 11.4 Å². The first-order valence-electron chi connectivity index (χ1n) is 10.5. The number of carbonyl (C=O) groups is 1. The monoisotopic (exact) mass is 428 g/mol. The van der Waals surface area contributed by atoms with Crippen LogP contribution in [0.25, 0.3) is 11.6 Å². The molecule has 0 saturated heterocycles. The molecule has 1 aliphatic rings. The Morgan fingerprint density at radius 2 is 1.78 bits per heavy atom. The first-order chi connectivity index (χ1) is 15.4. The van der Waals surface area contributed by atoms with Gasteiger partial charge in [0.1, 0.15) is 12.4 Å². The lowest BCUT2D eigenvalue weighted by Crippen LogP contribution is -2.30. The van der Waals surface area contributed by atoms with Gasteiger partial charge < -0.3 is 9.64 Å². The van der Waals surface area contributed by atoms with Crippen molar-refractivity contribution in [3.05, 3.63) is 99.6 Å². The molecule has 0 aliphatic carbocycles. The van der Waals surface area contributed by atoms with Crippen LogP contribution in [0.1, 0.15) is 30.5 Å². The summed E-state index contributed by atoms with van der Waals surface area (Å²) in [5.41, 5.74) is 4.26. The molecule has 0 atom stereocenters. The third-order valence-electron chi connectivity index (χ3n) is 5.23. The molecule has 32 heavy (non-hydrogen) atoms. The molecule has 0 unspecified atom stereocenters. The molecule has 0 aromatic heterocycles. The molecule has 0 saturated carbocycles. The Morgan fingerprint density at radius 3 is 2.50 bits per heavy atom. The first kappa shape index (κ1) is 21.3. The topological polar surface area (TPSA) is 72.7 Å². The van der Waals surface area contributed by atoms with Crippen LogP contribution in [0.3, 0.4) is 0 Å². The quantitative estimate of drug-likeness (QED) is 0.274. The molecule has 6 nitrogen and oxygen atoms in total. The number of hydrogen-bond donors (Lipinski definition) is 0. The van der Waals surface area contributed by atoms with Crippen LogP contribution in [-0.2, 0) is 11.4 Å². The highest BCUT2D eigenvalue weighted by molar-refractivity contribution is 6.35. The molecule has 3 aromatic rings. The molecule has 0 bridgehead atoms. The summed E-state index contributed by atoms with van der Waals surface area (Å²) in [6, 6.07) is 21.7. The zero-order valence-electron chi connectivity index (χ0n) is 18.0. The maximum Gasteiger partial charge on any atom is 0.269 e. The van der Waals surface area contributed by atoms with E-state index in [9.17, 15) is 14.9 Å². The van der Waals surface area contributed by atoms with E-state index in [1.165, 1.54) is 12.1 Å². The predicted octanol–water partition coefficient (Wildman–Crippen LogP) is 5.72. The number of nitrogens with zero attached hydrogens (tertiary/aromatic N) is 2. The molecule has 0 N–H and O–H groups in total. The second-order valence-electron chi connectivity index (χ2n) is 8.17. The van der Waals surface area contributed by atoms with Gasteiger partial charge in [0.05, 0.1) is 10.6 Å². The summed E-state index contributed by atoms with van der Waals surface area (Å²) in [7, 11) is 0. The number of carbonyl (C=O) groups excluding carboxylic acids is 1. The van der Waals surface area contributed by atoms with Gasteiger partial charge in [0.15, 0.2) is 0 Å².